The molecule has 1 unspecified atom stereocenters. The van der Waals surface area contributed by atoms with E-state index in [9.17, 15) is 20.0 Å². The van der Waals surface area contributed by atoms with Crippen LogP contribution in [0.25, 0.3) is 0 Å². The molecule has 7 heteroatoms. The average Bonchev–Trinajstić information content (AvgIpc) is 2.94. The summed E-state index contributed by atoms with van der Waals surface area (Å²) in [7, 11) is 1.59. The summed E-state index contributed by atoms with van der Waals surface area (Å²) >= 11 is 0. The van der Waals surface area contributed by atoms with E-state index in [1.165, 1.54) is 12.1 Å². The molecule has 0 aromatic heterocycles. The van der Waals surface area contributed by atoms with E-state index in [0.717, 1.165) is 12.8 Å². The summed E-state index contributed by atoms with van der Waals surface area (Å²) in [6.45, 7) is 0.494. The Bertz CT molecular complexity index is 532. The van der Waals surface area contributed by atoms with Gasteiger partial charge in [-0.1, -0.05) is 0 Å². The Kier molecular flexibility index (Phi) is 4.19. The third kappa shape index (κ3) is 2.57. The highest BCUT2D eigenvalue weighted by molar-refractivity contribution is 5.96. The van der Waals surface area contributed by atoms with Crippen LogP contribution >= 0.6 is 0 Å². The van der Waals surface area contributed by atoms with Crippen LogP contribution in [-0.4, -0.2) is 47.1 Å². The molecule has 1 aromatic rings. The zero-order valence-electron chi connectivity index (χ0n) is 11.2. The predicted molar refractivity (Wildman–Crippen MR) is 73.8 cm³/mol. The molecule has 2 N–H and O–H groups in total. The van der Waals surface area contributed by atoms with Gasteiger partial charge in [0.15, 0.2) is 0 Å². The van der Waals surface area contributed by atoms with Crippen molar-refractivity contribution in [3.8, 4) is 0 Å². The van der Waals surface area contributed by atoms with Gasteiger partial charge in [-0.25, -0.2) is 0 Å². The summed E-state index contributed by atoms with van der Waals surface area (Å²) in [6.07, 6.45) is 1.60. The van der Waals surface area contributed by atoms with E-state index < -0.39 is 4.92 Å². The number of nitro groups is 1. The molecule has 2 rings (SSSR count). The number of hydrogen-bond donors (Lipinski definition) is 2. The quantitative estimate of drug-likeness (QED) is 0.638. The van der Waals surface area contributed by atoms with Crippen LogP contribution in [0.4, 0.5) is 11.4 Å². The maximum atomic E-state index is 12.4. The third-order valence-electron chi connectivity index (χ3n) is 3.56. The van der Waals surface area contributed by atoms with Crippen LogP contribution in [0.3, 0.4) is 0 Å². The molecule has 0 radical (unpaired) electrons. The topological polar surface area (TPSA) is 95.7 Å². The number of carbonyl (C=O) groups is 1. The van der Waals surface area contributed by atoms with Crippen molar-refractivity contribution in [2.75, 3.05) is 25.5 Å². The average molecular weight is 279 g/mol. The van der Waals surface area contributed by atoms with Crippen molar-refractivity contribution in [1.82, 2.24) is 4.90 Å². The number of aliphatic hydroxyl groups is 1. The number of nitrogens with zero attached hydrogens (tertiary/aromatic N) is 2. The molecule has 1 heterocycles. The zero-order valence-corrected chi connectivity index (χ0v) is 11.2. The van der Waals surface area contributed by atoms with Crippen molar-refractivity contribution >= 4 is 17.3 Å². The minimum Gasteiger partial charge on any atom is -0.394 e. The van der Waals surface area contributed by atoms with Crippen LogP contribution in [0.2, 0.25) is 0 Å². The van der Waals surface area contributed by atoms with E-state index in [4.69, 9.17) is 0 Å². The molecule has 1 saturated heterocycles. The molecular formula is C13H17N3O4. The molecule has 1 aliphatic rings. The van der Waals surface area contributed by atoms with Crippen LogP contribution in [-0.2, 0) is 0 Å². The Hall–Kier alpha value is -2.15. The van der Waals surface area contributed by atoms with Gasteiger partial charge in [0.05, 0.1) is 17.6 Å². The van der Waals surface area contributed by atoms with Gasteiger partial charge < -0.3 is 15.3 Å². The molecule has 1 amide bonds. The fourth-order valence-corrected chi connectivity index (χ4v) is 2.49. The number of anilines is 1. The Balaban J connectivity index is 2.31. The molecule has 0 saturated carbocycles. The first kappa shape index (κ1) is 14.3. The van der Waals surface area contributed by atoms with Gasteiger partial charge in [0, 0.05) is 25.2 Å². The lowest BCUT2D eigenvalue weighted by Crippen LogP contribution is -2.37. The first-order valence-electron chi connectivity index (χ1n) is 6.46. The number of nitrogens with one attached hydrogen (secondary N) is 1. The number of nitro benzene ring substituents is 1. The monoisotopic (exact) mass is 279 g/mol. The van der Waals surface area contributed by atoms with Crippen molar-refractivity contribution in [3.63, 3.8) is 0 Å². The molecule has 1 aliphatic heterocycles. The lowest BCUT2D eigenvalue weighted by Gasteiger charge is -2.23. The van der Waals surface area contributed by atoms with Crippen LogP contribution in [0, 0.1) is 10.1 Å². The molecule has 108 valence electrons. The van der Waals surface area contributed by atoms with Crippen molar-refractivity contribution < 1.29 is 14.8 Å². The molecule has 20 heavy (non-hydrogen) atoms. The Labute approximate surface area is 116 Å². The van der Waals surface area contributed by atoms with Gasteiger partial charge in [0.1, 0.15) is 5.69 Å². The van der Waals surface area contributed by atoms with Crippen molar-refractivity contribution in [2.24, 2.45) is 0 Å². The highest BCUT2D eigenvalue weighted by Crippen LogP contribution is 2.27. The molecule has 0 aliphatic carbocycles. The summed E-state index contributed by atoms with van der Waals surface area (Å²) in [5.41, 5.74) is 0.515. The normalized spacial score (nSPS) is 18.1. The maximum absolute atomic E-state index is 12.4. The largest absolute Gasteiger partial charge is 0.394 e. The van der Waals surface area contributed by atoms with Gasteiger partial charge in [-0.2, -0.15) is 0 Å². The van der Waals surface area contributed by atoms with E-state index in [2.05, 4.69) is 5.32 Å². The van der Waals surface area contributed by atoms with Gasteiger partial charge >= 0.3 is 0 Å². The van der Waals surface area contributed by atoms with Gasteiger partial charge in [0.25, 0.3) is 11.6 Å². The molecule has 1 fully saturated rings. The lowest BCUT2D eigenvalue weighted by molar-refractivity contribution is -0.384. The van der Waals surface area contributed by atoms with Crippen LogP contribution < -0.4 is 5.32 Å². The summed E-state index contributed by atoms with van der Waals surface area (Å²) in [5.74, 6) is -0.271. The molecule has 0 bridgehead atoms. The van der Waals surface area contributed by atoms with Gasteiger partial charge in [-0.3, -0.25) is 14.9 Å². The zero-order chi connectivity index (χ0) is 14.7. The second kappa shape index (κ2) is 5.87. The van der Waals surface area contributed by atoms with Crippen LogP contribution in [0.1, 0.15) is 23.2 Å². The number of aliphatic hydroxyl groups excluding tert-OH is 1. The first-order valence-corrected chi connectivity index (χ1v) is 6.46. The summed E-state index contributed by atoms with van der Waals surface area (Å²) < 4.78 is 0. The molecule has 0 spiro atoms. The first-order chi connectivity index (χ1) is 9.58. The van der Waals surface area contributed by atoms with Crippen molar-refractivity contribution in [2.45, 2.75) is 18.9 Å². The minimum absolute atomic E-state index is 0.0809. The fraction of sp³-hybridized carbons (Fsp3) is 0.462. The Morgan fingerprint density at radius 1 is 1.60 bits per heavy atom. The number of carbonyl (C=O) groups excluding carboxylic acids is 1. The van der Waals surface area contributed by atoms with Gasteiger partial charge in [-0.05, 0) is 25.0 Å². The van der Waals surface area contributed by atoms with Gasteiger partial charge in [-0.15, -0.1) is 0 Å². The second-order valence-electron chi connectivity index (χ2n) is 4.72. The smallest absolute Gasteiger partial charge is 0.293 e. The fourth-order valence-electron chi connectivity index (χ4n) is 2.49. The van der Waals surface area contributed by atoms with E-state index in [0.29, 0.717) is 12.2 Å². The van der Waals surface area contributed by atoms with E-state index in [-0.39, 0.29) is 29.8 Å². The summed E-state index contributed by atoms with van der Waals surface area (Å²) in [4.78, 5) is 24.4. The minimum atomic E-state index is -0.518. The van der Waals surface area contributed by atoms with Gasteiger partial charge in [0.2, 0.25) is 0 Å². The maximum Gasteiger partial charge on any atom is 0.293 e. The van der Waals surface area contributed by atoms with E-state index in [1.54, 1.807) is 18.0 Å². The summed E-state index contributed by atoms with van der Waals surface area (Å²) in [6, 6.07) is 4.18. The van der Waals surface area contributed by atoms with Crippen molar-refractivity contribution in [1.29, 1.82) is 0 Å². The van der Waals surface area contributed by atoms with E-state index in [1.807, 2.05) is 0 Å². The molecule has 1 atom stereocenters. The van der Waals surface area contributed by atoms with Crippen LogP contribution in [0.5, 0.6) is 0 Å². The number of likely N-dealkylation sites (tertiary alicyclic amines) is 1. The SMILES string of the molecule is CNc1ccc(C(=O)N2CCCC2CO)cc1[N+](=O)[O-]. The van der Waals surface area contributed by atoms with Crippen molar-refractivity contribution in [3.05, 3.63) is 33.9 Å². The molecular weight excluding hydrogens is 262 g/mol. The number of hydrogen-bond acceptors (Lipinski definition) is 5. The Morgan fingerprint density at radius 2 is 2.35 bits per heavy atom. The number of benzene rings is 1. The second-order valence-corrected chi connectivity index (χ2v) is 4.72. The van der Waals surface area contributed by atoms with E-state index >= 15 is 0 Å². The standard InChI is InChI=1S/C13H17N3O4/c1-14-11-5-4-9(7-12(11)16(19)20)13(18)15-6-2-3-10(15)8-17/h4-5,7,10,14,17H,2-3,6,8H2,1H3. The lowest BCUT2D eigenvalue weighted by atomic mass is 10.1. The predicted octanol–water partition coefficient (Wildman–Crippen LogP) is 1.23. The molecule has 1 aromatic carbocycles. The number of rotatable bonds is 4. The summed E-state index contributed by atoms with van der Waals surface area (Å²) in [5, 5.41) is 23.0. The highest BCUT2D eigenvalue weighted by Gasteiger charge is 2.29. The van der Waals surface area contributed by atoms with Crippen LogP contribution in [0.15, 0.2) is 18.2 Å². The highest BCUT2D eigenvalue weighted by atomic mass is 16.6. The number of amides is 1. The Morgan fingerprint density at radius 3 is 2.95 bits per heavy atom. The third-order valence-corrected chi connectivity index (χ3v) is 3.56. The molecule has 7 nitrogen and oxygen atoms in total.